The molecule has 0 atom stereocenters. The summed E-state index contributed by atoms with van der Waals surface area (Å²) in [4.78, 5) is 20.9. The standard InChI is InChI=1S/C21H21ClN4O2/c1-12-5-6-16(7-13(12)2)25-20(27)15-10-23-21(24-11-15)26-18-8-14(3)17(22)9-19(18)28-4/h5-11H,1-4H3,(H,25,27)(H,23,24,26). The van der Waals surface area contributed by atoms with Gasteiger partial charge in [0.2, 0.25) is 5.95 Å². The SMILES string of the molecule is COc1cc(Cl)c(C)cc1Nc1ncc(C(=O)Nc2ccc(C)c(C)c2)cn1. The molecule has 1 amide bonds. The van der Waals surface area contributed by atoms with Crippen LogP contribution in [0, 0.1) is 20.8 Å². The number of nitrogens with zero attached hydrogens (tertiary/aromatic N) is 2. The van der Waals surface area contributed by atoms with Gasteiger partial charge in [-0.05, 0) is 55.7 Å². The lowest BCUT2D eigenvalue weighted by Crippen LogP contribution is -2.13. The number of nitrogens with one attached hydrogen (secondary N) is 2. The van der Waals surface area contributed by atoms with Crippen molar-refractivity contribution < 1.29 is 9.53 Å². The molecule has 144 valence electrons. The molecule has 6 nitrogen and oxygen atoms in total. The number of benzene rings is 2. The van der Waals surface area contributed by atoms with Gasteiger partial charge in [0.1, 0.15) is 5.75 Å². The number of carbonyl (C=O) groups is 1. The number of aromatic nitrogens is 2. The molecule has 0 radical (unpaired) electrons. The van der Waals surface area contributed by atoms with Gasteiger partial charge in [0.05, 0.1) is 18.4 Å². The van der Waals surface area contributed by atoms with Gasteiger partial charge in [-0.15, -0.1) is 0 Å². The Balaban J connectivity index is 1.73. The number of hydrogen-bond acceptors (Lipinski definition) is 5. The summed E-state index contributed by atoms with van der Waals surface area (Å²) in [6.07, 6.45) is 2.95. The van der Waals surface area contributed by atoms with E-state index >= 15 is 0 Å². The van der Waals surface area contributed by atoms with E-state index in [0.29, 0.717) is 28.0 Å². The van der Waals surface area contributed by atoms with Crippen LogP contribution in [0.15, 0.2) is 42.7 Å². The fraction of sp³-hybridized carbons (Fsp3) is 0.190. The van der Waals surface area contributed by atoms with Gasteiger partial charge in [-0.1, -0.05) is 17.7 Å². The molecule has 0 bridgehead atoms. The van der Waals surface area contributed by atoms with Crippen LogP contribution in [-0.2, 0) is 0 Å². The first kappa shape index (κ1) is 19.6. The number of hydrogen-bond donors (Lipinski definition) is 2. The average molecular weight is 397 g/mol. The van der Waals surface area contributed by atoms with Crippen LogP contribution in [0.2, 0.25) is 5.02 Å². The van der Waals surface area contributed by atoms with Crippen LogP contribution >= 0.6 is 11.6 Å². The lowest BCUT2D eigenvalue weighted by atomic mass is 10.1. The third kappa shape index (κ3) is 4.40. The monoisotopic (exact) mass is 396 g/mol. The highest BCUT2D eigenvalue weighted by Gasteiger charge is 2.11. The lowest BCUT2D eigenvalue weighted by Gasteiger charge is -2.12. The second kappa shape index (κ2) is 8.27. The van der Waals surface area contributed by atoms with Gasteiger partial charge >= 0.3 is 0 Å². The number of amides is 1. The normalized spacial score (nSPS) is 10.5. The zero-order chi connectivity index (χ0) is 20.3. The van der Waals surface area contributed by atoms with Crippen molar-refractivity contribution in [3.63, 3.8) is 0 Å². The molecule has 0 spiro atoms. The van der Waals surface area contributed by atoms with Gasteiger partial charge in [-0.3, -0.25) is 4.79 Å². The molecule has 3 aromatic rings. The highest BCUT2D eigenvalue weighted by atomic mass is 35.5. The second-order valence-electron chi connectivity index (χ2n) is 6.48. The lowest BCUT2D eigenvalue weighted by molar-refractivity contribution is 0.102. The van der Waals surface area contributed by atoms with Crippen LogP contribution in [-0.4, -0.2) is 23.0 Å². The van der Waals surface area contributed by atoms with E-state index in [4.69, 9.17) is 16.3 Å². The summed E-state index contributed by atoms with van der Waals surface area (Å²) in [6.45, 7) is 5.92. The van der Waals surface area contributed by atoms with Crippen LogP contribution in [0.3, 0.4) is 0 Å². The van der Waals surface area contributed by atoms with Crippen molar-refractivity contribution in [2.24, 2.45) is 0 Å². The van der Waals surface area contributed by atoms with Gasteiger partial charge in [0, 0.05) is 29.2 Å². The van der Waals surface area contributed by atoms with Gasteiger partial charge in [-0.2, -0.15) is 0 Å². The fourth-order valence-corrected chi connectivity index (χ4v) is 2.74. The van der Waals surface area contributed by atoms with E-state index in [1.807, 2.05) is 45.0 Å². The quantitative estimate of drug-likeness (QED) is 0.630. The highest BCUT2D eigenvalue weighted by Crippen LogP contribution is 2.32. The molecule has 0 unspecified atom stereocenters. The predicted molar refractivity (Wildman–Crippen MR) is 112 cm³/mol. The molecule has 1 aromatic heterocycles. The fourth-order valence-electron chi connectivity index (χ4n) is 2.58. The Morgan fingerprint density at radius 2 is 1.71 bits per heavy atom. The van der Waals surface area contributed by atoms with E-state index in [1.54, 1.807) is 13.2 Å². The minimum Gasteiger partial charge on any atom is -0.495 e. The van der Waals surface area contributed by atoms with E-state index in [9.17, 15) is 4.79 Å². The maximum Gasteiger partial charge on any atom is 0.258 e. The van der Waals surface area contributed by atoms with E-state index in [0.717, 1.165) is 16.8 Å². The van der Waals surface area contributed by atoms with Crippen molar-refractivity contribution in [1.29, 1.82) is 0 Å². The molecule has 3 rings (SSSR count). The smallest absolute Gasteiger partial charge is 0.258 e. The van der Waals surface area contributed by atoms with E-state index < -0.39 is 0 Å². The minimum absolute atomic E-state index is 0.269. The first-order chi connectivity index (χ1) is 13.4. The molecule has 28 heavy (non-hydrogen) atoms. The first-order valence-electron chi connectivity index (χ1n) is 8.69. The summed E-state index contributed by atoms with van der Waals surface area (Å²) in [7, 11) is 1.56. The molecular formula is C21H21ClN4O2. The molecule has 0 aliphatic rings. The molecule has 0 fully saturated rings. The van der Waals surface area contributed by atoms with Crippen molar-refractivity contribution in [1.82, 2.24) is 9.97 Å². The van der Waals surface area contributed by atoms with Gasteiger partial charge in [0.15, 0.2) is 0 Å². The summed E-state index contributed by atoms with van der Waals surface area (Å²) in [5.74, 6) is 0.660. The maximum atomic E-state index is 12.4. The van der Waals surface area contributed by atoms with Crippen molar-refractivity contribution >= 4 is 34.8 Å². The molecule has 0 aliphatic heterocycles. The highest BCUT2D eigenvalue weighted by molar-refractivity contribution is 6.31. The summed E-state index contributed by atoms with van der Waals surface area (Å²) in [5, 5.41) is 6.55. The summed E-state index contributed by atoms with van der Waals surface area (Å²) < 4.78 is 5.33. The van der Waals surface area contributed by atoms with E-state index in [2.05, 4.69) is 20.6 Å². The third-order valence-electron chi connectivity index (χ3n) is 4.41. The largest absolute Gasteiger partial charge is 0.495 e. The van der Waals surface area contributed by atoms with Crippen molar-refractivity contribution in [3.8, 4) is 5.75 Å². The topological polar surface area (TPSA) is 76.1 Å². The predicted octanol–water partition coefficient (Wildman–Crippen LogP) is 5.06. The van der Waals surface area contributed by atoms with Crippen LogP contribution in [0.4, 0.5) is 17.3 Å². The zero-order valence-electron chi connectivity index (χ0n) is 16.1. The molecule has 0 aliphatic carbocycles. The van der Waals surface area contributed by atoms with Crippen LogP contribution in [0.1, 0.15) is 27.0 Å². The minimum atomic E-state index is -0.269. The Kier molecular flexibility index (Phi) is 5.80. The van der Waals surface area contributed by atoms with Gasteiger partial charge < -0.3 is 15.4 Å². The third-order valence-corrected chi connectivity index (χ3v) is 4.81. The van der Waals surface area contributed by atoms with Gasteiger partial charge in [0.25, 0.3) is 5.91 Å². The van der Waals surface area contributed by atoms with Crippen molar-refractivity contribution in [3.05, 3.63) is 70.0 Å². The number of ether oxygens (including phenoxy) is 1. The Morgan fingerprint density at radius 3 is 2.36 bits per heavy atom. The Morgan fingerprint density at radius 1 is 1.00 bits per heavy atom. The Bertz CT molecular complexity index is 1020. The molecule has 0 saturated heterocycles. The van der Waals surface area contributed by atoms with E-state index in [-0.39, 0.29) is 5.91 Å². The van der Waals surface area contributed by atoms with Crippen LogP contribution in [0.5, 0.6) is 5.75 Å². The number of anilines is 3. The first-order valence-corrected chi connectivity index (χ1v) is 9.07. The number of aryl methyl sites for hydroxylation is 3. The number of halogens is 1. The van der Waals surface area contributed by atoms with Crippen molar-refractivity contribution in [2.45, 2.75) is 20.8 Å². The van der Waals surface area contributed by atoms with Crippen molar-refractivity contribution in [2.75, 3.05) is 17.7 Å². The molecule has 7 heteroatoms. The number of rotatable bonds is 5. The van der Waals surface area contributed by atoms with Crippen LogP contribution < -0.4 is 15.4 Å². The Hall–Kier alpha value is -3.12. The molecule has 2 N–H and O–H groups in total. The molecule has 1 heterocycles. The molecular weight excluding hydrogens is 376 g/mol. The average Bonchev–Trinajstić information content (AvgIpc) is 2.68. The number of carbonyl (C=O) groups excluding carboxylic acids is 1. The van der Waals surface area contributed by atoms with Crippen LogP contribution in [0.25, 0.3) is 0 Å². The molecule has 2 aromatic carbocycles. The maximum absolute atomic E-state index is 12.4. The summed E-state index contributed by atoms with van der Waals surface area (Å²) in [6, 6.07) is 9.34. The summed E-state index contributed by atoms with van der Waals surface area (Å²) in [5.41, 5.74) is 4.97. The number of methoxy groups -OCH3 is 1. The van der Waals surface area contributed by atoms with Gasteiger partial charge in [-0.25, -0.2) is 9.97 Å². The zero-order valence-corrected chi connectivity index (χ0v) is 16.9. The summed E-state index contributed by atoms with van der Waals surface area (Å²) >= 11 is 6.12. The van der Waals surface area contributed by atoms with E-state index in [1.165, 1.54) is 18.0 Å². The molecule has 0 saturated carbocycles. The Labute approximate surface area is 168 Å². The second-order valence-corrected chi connectivity index (χ2v) is 6.88.